The summed E-state index contributed by atoms with van der Waals surface area (Å²) in [6.45, 7) is 11.9. The van der Waals surface area contributed by atoms with E-state index in [-0.39, 0.29) is 5.97 Å². The maximum Gasteiger partial charge on any atom is 0.340 e. The molecule has 1 aromatic rings. The summed E-state index contributed by atoms with van der Waals surface area (Å²) in [5, 5.41) is 0. The van der Waals surface area contributed by atoms with E-state index in [1.165, 1.54) is 63.1 Å². The average Bonchev–Trinajstić information content (AvgIpc) is 2.68. The third-order valence-corrected chi connectivity index (χ3v) is 5.68. The molecule has 0 N–H and O–H groups in total. The van der Waals surface area contributed by atoms with Gasteiger partial charge in [-0.3, -0.25) is 4.98 Å². The van der Waals surface area contributed by atoms with Crippen LogP contribution in [0.25, 0.3) is 0 Å². The van der Waals surface area contributed by atoms with Crippen molar-refractivity contribution in [3.63, 3.8) is 0 Å². The minimum Gasteiger partial charge on any atom is -0.458 e. The third kappa shape index (κ3) is 13.2. The molecule has 1 rings (SSSR count). The highest BCUT2D eigenvalue weighted by atomic mass is 16.5. The van der Waals surface area contributed by atoms with Gasteiger partial charge in [-0.1, -0.05) is 78.2 Å². The van der Waals surface area contributed by atoms with Crippen molar-refractivity contribution < 1.29 is 9.53 Å². The summed E-state index contributed by atoms with van der Waals surface area (Å²) in [6, 6.07) is 3.46. The van der Waals surface area contributed by atoms with Crippen molar-refractivity contribution in [1.82, 2.24) is 4.98 Å². The Hall–Kier alpha value is -1.64. The molecule has 0 aliphatic carbocycles. The smallest absolute Gasteiger partial charge is 0.340 e. The van der Waals surface area contributed by atoms with E-state index in [0.717, 1.165) is 24.2 Å². The van der Waals surface area contributed by atoms with Crippen LogP contribution in [-0.2, 0) is 4.74 Å². The van der Waals surface area contributed by atoms with Crippen LogP contribution in [-0.4, -0.2) is 17.6 Å². The van der Waals surface area contributed by atoms with Crippen molar-refractivity contribution >= 4 is 5.97 Å². The number of nitrogens with zero attached hydrogens (tertiary/aromatic N) is 1. The van der Waals surface area contributed by atoms with E-state index in [9.17, 15) is 4.79 Å². The van der Waals surface area contributed by atoms with Crippen LogP contribution in [0.1, 0.15) is 103 Å². The Morgan fingerprint density at radius 1 is 1.00 bits per heavy atom. The standard InChI is InChI=1S/C26H43NO2/c1-21(2)10-6-11-22(3)12-7-13-23(4)14-8-15-24(5)17-19-29-26(28)25-16-9-18-27-20-25/h9,16-18,20-23H,6-8,10-15,19H2,1-5H3/b24-17+/t22-,23-/m1/s1. The van der Waals surface area contributed by atoms with Crippen LogP contribution in [0.2, 0.25) is 0 Å². The van der Waals surface area contributed by atoms with Crippen LogP contribution in [0.4, 0.5) is 0 Å². The van der Waals surface area contributed by atoms with Crippen molar-refractivity contribution in [3.05, 3.63) is 41.7 Å². The second-order valence-electron chi connectivity index (χ2n) is 9.25. The van der Waals surface area contributed by atoms with Gasteiger partial charge < -0.3 is 4.74 Å². The molecule has 0 aliphatic heterocycles. The molecule has 0 amide bonds. The van der Waals surface area contributed by atoms with E-state index >= 15 is 0 Å². The SMILES string of the molecule is C/C(=C\COC(=O)c1cccnc1)CCC[C@H](C)CCC[C@H](C)CCCC(C)C. The fourth-order valence-corrected chi connectivity index (χ4v) is 3.64. The zero-order valence-corrected chi connectivity index (χ0v) is 19.5. The van der Waals surface area contributed by atoms with Crippen LogP contribution < -0.4 is 0 Å². The van der Waals surface area contributed by atoms with E-state index in [1.54, 1.807) is 18.3 Å². The topological polar surface area (TPSA) is 39.2 Å². The van der Waals surface area contributed by atoms with Crippen molar-refractivity contribution in [2.75, 3.05) is 6.61 Å². The van der Waals surface area contributed by atoms with Gasteiger partial charge in [0.25, 0.3) is 0 Å². The molecule has 0 aromatic carbocycles. The van der Waals surface area contributed by atoms with Gasteiger partial charge in [-0.05, 0) is 55.7 Å². The quantitative estimate of drug-likeness (QED) is 0.224. The Labute approximate surface area is 179 Å². The number of ether oxygens (including phenoxy) is 1. The van der Waals surface area contributed by atoms with E-state index in [0.29, 0.717) is 12.2 Å². The van der Waals surface area contributed by atoms with Gasteiger partial charge in [0.15, 0.2) is 0 Å². The lowest BCUT2D eigenvalue weighted by Crippen LogP contribution is -2.05. The summed E-state index contributed by atoms with van der Waals surface area (Å²) in [4.78, 5) is 15.8. The summed E-state index contributed by atoms with van der Waals surface area (Å²) in [6.07, 6.45) is 17.0. The first-order chi connectivity index (χ1) is 13.9. The molecule has 0 bridgehead atoms. The zero-order chi connectivity index (χ0) is 21.5. The molecule has 3 heteroatoms. The molecule has 0 unspecified atom stereocenters. The summed E-state index contributed by atoms with van der Waals surface area (Å²) in [5.41, 5.74) is 1.80. The van der Waals surface area contributed by atoms with Crippen molar-refractivity contribution in [2.24, 2.45) is 17.8 Å². The molecule has 0 saturated carbocycles. The number of allylic oxidation sites excluding steroid dienone is 1. The number of esters is 1. The first kappa shape index (κ1) is 25.4. The molecule has 0 spiro atoms. The van der Waals surface area contributed by atoms with E-state index in [1.807, 2.05) is 6.08 Å². The predicted octanol–water partition coefficient (Wildman–Crippen LogP) is 7.62. The van der Waals surface area contributed by atoms with Gasteiger partial charge in [-0.2, -0.15) is 0 Å². The van der Waals surface area contributed by atoms with E-state index < -0.39 is 0 Å². The monoisotopic (exact) mass is 401 g/mol. The van der Waals surface area contributed by atoms with E-state index in [2.05, 4.69) is 39.6 Å². The van der Waals surface area contributed by atoms with Crippen molar-refractivity contribution in [2.45, 2.75) is 92.4 Å². The molecule has 0 aliphatic rings. The first-order valence-electron chi connectivity index (χ1n) is 11.6. The Morgan fingerprint density at radius 3 is 2.21 bits per heavy atom. The molecule has 164 valence electrons. The van der Waals surface area contributed by atoms with Gasteiger partial charge in [-0.25, -0.2) is 4.79 Å². The predicted molar refractivity (Wildman–Crippen MR) is 123 cm³/mol. The highest BCUT2D eigenvalue weighted by Gasteiger charge is 2.07. The number of hydrogen-bond donors (Lipinski definition) is 0. The molecule has 0 radical (unpaired) electrons. The van der Waals surface area contributed by atoms with Gasteiger partial charge in [-0.15, -0.1) is 0 Å². The lowest BCUT2D eigenvalue weighted by Gasteiger charge is -2.15. The number of carbonyl (C=O) groups is 1. The van der Waals surface area contributed by atoms with Crippen molar-refractivity contribution in [3.8, 4) is 0 Å². The molecule has 29 heavy (non-hydrogen) atoms. The van der Waals surface area contributed by atoms with Gasteiger partial charge in [0.05, 0.1) is 5.56 Å². The van der Waals surface area contributed by atoms with Crippen LogP contribution >= 0.6 is 0 Å². The highest BCUT2D eigenvalue weighted by Crippen LogP contribution is 2.22. The maximum atomic E-state index is 11.9. The van der Waals surface area contributed by atoms with Gasteiger partial charge in [0.1, 0.15) is 6.61 Å². The number of hydrogen-bond acceptors (Lipinski definition) is 3. The Bertz CT molecular complexity index is 580. The van der Waals surface area contributed by atoms with Gasteiger partial charge in [0, 0.05) is 12.4 Å². The number of pyridine rings is 1. The number of aromatic nitrogens is 1. The fraction of sp³-hybridized carbons (Fsp3) is 0.692. The first-order valence-corrected chi connectivity index (χ1v) is 11.6. The highest BCUT2D eigenvalue weighted by molar-refractivity contribution is 5.88. The Balaban J connectivity index is 2.08. The molecule has 3 nitrogen and oxygen atoms in total. The minimum atomic E-state index is -0.311. The van der Waals surface area contributed by atoms with Crippen LogP contribution in [0.15, 0.2) is 36.2 Å². The summed E-state index contributed by atoms with van der Waals surface area (Å²) < 4.78 is 5.29. The summed E-state index contributed by atoms with van der Waals surface area (Å²) >= 11 is 0. The summed E-state index contributed by atoms with van der Waals surface area (Å²) in [5.74, 6) is 2.21. The molecular formula is C26H43NO2. The lowest BCUT2D eigenvalue weighted by atomic mass is 9.91. The Kier molecular flexibility index (Phi) is 13.3. The molecular weight excluding hydrogens is 358 g/mol. The zero-order valence-electron chi connectivity index (χ0n) is 19.5. The average molecular weight is 402 g/mol. The minimum absolute atomic E-state index is 0.311. The van der Waals surface area contributed by atoms with Crippen molar-refractivity contribution in [1.29, 1.82) is 0 Å². The third-order valence-electron chi connectivity index (χ3n) is 5.68. The van der Waals surface area contributed by atoms with Gasteiger partial charge in [0.2, 0.25) is 0 Å². The number of rotatable bonds is 15. The second kappa shape index (κ2) is 15.2. The molecule has 2 atom stereocenters. The Morgan fingerprint density at radius 2 is 1.62 bits per heavy atom. The molecule has 1 aromatic heterocycles. The molecule has 0 saturated heterocycles. The van der Waals surface area contributed by atoms with Crippen LogP contribution in [0, 0.1) is 17.8 Å². The maximum absolute atomic E-state index is 11.9. The molecule has 1 heterocycles. The normalized spacial score (nSPS) is 14.1. The summed E-state index contributed by atoms with van der Waals surface area (Å²) in [7, 11) is 0. The second-order valence-corrected chi connectivity index (χ2v) is 9.25. The molecule has 0 fully saturated rings. The fourth-order valence-electron chi connectivity index (χ4n) is 3.64. The van der Waals surface area contributed by atoms with Crippen LogP contribution in [0.5, 0.6) is 0 Å². The largest absolute Gasteiger partial charge is 0.458 e. The van der Waals surface area contributed by atoms with E-state index in [4.69, 9.17) is 4.74 Å². The number of carbonyl (C=O) groups excluding carboxylic acids is 1. The van der Waals surface area contributed by atoms with Gasteiger partial charge >= 0.3 is 5.97 Å². The lowest BCUT2D eigenvalue weighted by molar-refractivity contribution is 0.0548. The van der Waals surface area contributed by atoms with Crippen LogP contribution in [0.3, 0.4) is 0 Å².